The highest BCUT2D eigenvalue weighted by atomic mass is 15.1. The largest absolute Gasteiger partial charge is 0.337 e. The van der Waals surface area contributed by atoms with Gasteiger partial charge in [-0.1, -0.05) is 60.7 Å². The van der Waals surface area contributed by atoms with E-state index in [2.05, 4.69) is 84.6 Å². The second-order valence-electron chi connectivity index (χ2n) is 6.27. The van der Waals surface area contributed by atoms with Gasteiger partial charge in [0.15, 0.2) is 0 Å². The Morgan fingerprint density at radius 3 is 1.83 bits per heavy atom. The topological polar surface area (TPSA) is 3.24 Å². The number of nitrogens with zero attached hydrogens (tertiary/aromatic N) is 1. The number of fused-ring (bicyclic) bond motifs is 2. The average Bonchev–Trinajstić information content (AvgIpc) is 2.75. The molecule has 1 aliphatic rings. The molecule has 0 unspecified atom stereocenters. The van der Waals surface area contributed by atoms with Gasteiger partial charge in [-0.15, -0.1) is 0 Å². The molecule has 1 nitrogen and oxygen atoms in total. The summed E-state index contributed by atoms with van der Waals surface area (Å²) in [4.78, 5) is 2.49. The highest BCUT2D eigenvalue weighted by molar-refractivity contribution is 5.71. The van der Waals surface area contributed by atoms with Crippen molar-refractivity contribution in [2.45, 2.75) is 26.3 Å². The minimum atomic E-state index is 0.917. The summed E-state index contributed by atoms with van der Waals surface area (Å²) in [5.74, 6) is 0. The normalized spacial score (nSPS) is 13.2. The number of benzene rings is 3. The fourth-order valence-electron chi connectivity index (χ4n) is 3.50. The molecule has 4 rings (SSSR count). The van der Waals surface area contributed by atoms with E-state index in [9.17, 15) is 0 Å². The molecule has 1 heteroatoms. The van der Waals surface area contributed by atoms with Crippen LogP contribution < -0.4 is 4.90 Å². The van der Waals surface area contributed by atoms with E-state index in [4.69, 9.17) is 0 Å². The highest BCUT2D eigenvalue weighted by Crippen LogP contribution is 2.37. The zero-order chi connectivity index (χ0) is 15.6. The Bertz CT molecular complexity index is 787. The molecule has 0 bridgehead atoms. The molecule has 3 aromatic rings. The van der Waals surface area contributed by atoms with Crippen molar-refractivity contribution in [1.29, 1.82) is 0 Å². The van der Waals surface area contributed by atoms with Crippen molar-refractivity contribution in [2.75, 3.05) is 4.90 Å². The van der Waals surface area contributed by atoms with Gasteiger partial charge < -0.3 is 4.90 Å². The zero-order valence-corrected chi connectivity index (χ0v) is 13.5. The van der Waals surface area contributed by atoms with Gasteiger partial charge in [0.1, 0.15) is 0 Å². The number of anilines is 2. The van der Waals surface area contributed by atoms with E-state index in [1.807, 2.05) is 0 Å². The molecule has 0 fully saturated rings. The number of rotatable bonds is 2. The van der Waals surface area contributed by atoms with Crippen LogP contribution in [0.3, 0.4) is 0 Å². The van der Waals surface area contributed by atoms with Gasteiger partial charge in [0.2, 0.25) is 0 Å². The average molecular weight is 299 g/mol. The van der Waals surface area contributed by atoms with Gasteiger partial charge in [-0.25, -0.2) is 0 Å². The fraction of sp³-hybridized carbons (Fsp3) is 0.182. The summed E-state index contributed by atoms with van der Waals surface area (Å²) >= 11 is 0. The van der Waals surface area contributed by atoms with Gasteiger partial charge >= 0.3 is 0 Å². The molecule has 0 saturated heterocycles. The van der Waals surface area contributed by atoms with Gasteiger partial charge in [0.25, 0.3) is 0 Å². The van der Waals surface area contributed by atoms with Crippen molar-refractivity contribution < 1.29 is 0 Å². The quantitative estimate of drug-likeness (QED) is 0.609. The van der Waals surface area contributed by atoms with Crippen LogP contribution >= 0.6 is 0 Å². The Balaban J connectivity index is 1.85. The van der Waals surface area contributed by atoms with Crippen LogP contribution in [0.1, 0.15) is 22.3 Å². The Labute approximate surface area is 138 Å². The molecule has 0 saturated carbocycles. The molecule has 0 atom stereocenters. The van der Waals surface area contributed by atoms with Gasteiger partial charge in [-0.3, -0.25) is 0 Å². The van der Waals surface area contributed by atoms with Gasteiger partial charge in [-0.05, 0) is 54.2 Å². The number of hydrogen-bond donors (Lipinski definition) is 0. The Kier molecular flexibility index (Phi) is 3.63. The Hall–Kier alpha value is -2.54. The molecule has 0 amide bonds. The summed E-state index contributed by atoms with van der Waals surface area (Å²) in [6.45, 7) is 3.12. The Morgan fingerprint density at radius 2 is 1.22 bits per heavy atom. The number of para-hydroxylation sites is 2. The first kappa shape index (κ1) is 14.1. The lowest BCUT2D eigenvalue weighted by molar-refractivity contribution is 0.959. The summed E-state index contributed by atoms with van der Waals surface area (Å²) in [6.07, 6.45) is 2.22. The van der Waals surface area contributed by atoms with E-state index >= 15 is 0 Å². The van der Waals surface area contributed by atoms with Crippen molar-refractivity contribution in [3.63, 3.8) is 0 Å². The van der Waals surface area contributed by atoms with E-state index in [0.29, 0.717) is 0 Å². The van der Waals surface area contributed by atoms with Crippen LogP contribution in [-0.4, -0.2) is 0 Å². The molecule has 0 aromatic heterocycles. The van der Waals surface area contributed by atoms with E-state index in [-0.39, 0.29) is 0 Å². The molecule has 0 radical (unpaired) electrons. The maximum Gasteiger partial charge on any atom is 0.0484 e. The Morgan fingerprint density at radius 1 is 0.696 bits per heavy atom. The minimum Gasteiger partial charge on any atom is -0.337 e. The second kappa shape index (κ2) is 5.92. The summed E-state index contributed by atoms with van der Waals surface area (Å²) in [5, 5.41) is 0. The van der Waals surface area contributed by atoms with Crippen LogP contribution in [0.4, 0.5) is 11.4 Å². The second-order valence-corrected chi connectivity index (χ2v) is 6.27. The molecule has 3 aromatic carbocycles. The summed E-state index contributed by atoms with van der Waals surface area (Å²) in [6, 6.07) is 26.4. The molecule has 114 valence electrons. The van der Waals surface area contributed by atoms with E-state index in [1.165, 1.54) is 33.6 Å². The van der Waals surface area contributed by atoms with Crippen molar-refractivity contribution in [1.82, 2.24) is 0 Å². The van der Waals surface area contributed by atoms with Crippen molar-refractivity contribution in [3.8, 4) is 0 Å². The van der Waals surface area contributed by atoms with Gasteiger partial charge in [0.05, 0.1) is 0 Å². The first-order valence-corrected chi connectivity index (χ1v) is 8.31. The summed E-state index contributed by atoms with van der Waals surface area (Å²) in [5.41, 5.74) is 8.32. The molecule has 0 spiro atoms. The lowest BCUT2D eigenvalue weighted by atomic mass is 10.0. The van der Waals surface area contributed by atoms with E-state index < -0.39 is 0 Å². The summed E-state index contributed by atoms with van der Waals surface area (Å²) < 4.78 is 0. The monoisotopic (exact) mass is 299 g/mol. The maximum atomic E-state index is 2.49. The van der Waals surface area contributed by atoms with Crippen molar-refractivity contribution in [3.05, 3.63) is 95.1 Å². The third-order valence-electron chi connectivity index (χ3n) is 4.82. The molecule has 23 heavy (non-hydrogen) atoms. The highest BCUT2D eigenvalue weighted by Gasteiger charge is 2.20. The lowest BCUT2D eigenvalue weighted by Crippen LogP contribution is -2.18. The first-order chi connectivity index (χ1) is 11.3. The molecular weight excluding hydrogens is 278 g/mol. The molecular formula is C22H21N. The number of aryl methyl sites for hydroxylation is 3. The molecule has 1 heterocycles. The lowest BCUT2D eigenvalue weighted by Gasteiger charge is -2.27. The van der Waals surface area contributed by atoms with Crippen LogP contribution in [0.15, 0.2) is 72.8 Å². The first-order valence-electron chi connectivity index (χ1n) is 8.31. The minimum absolute atomic E-state index is 0.917. The molecule has 0 N–H and O–H groups in total. The van der Waals surface area contributed by atoms with Crippen molar-refractivity contribution in [2.24, 2.45) is 0 Å². The van der Waals surface area contributed by atoms with Crippen LogP contribution in [-0.2, 0) is 19.4 Å². The predicted molar refractivity (Wildman–Crippen MR) is 97.3 cm³/mol. The third kappa shape index (κ3) is 2.63. The fourth-order valence-corrected chi connectivity index (χ4v) is 3.50. The number of hydrogen-bond acceptors (Lipinski definition) is 1. The maximum absolute atomic E-state index is 2.49. The van der Waals surface area contributed by atoms with Crippen LogP contribution in [0, 0.1) is 6.92 Å². The third-order valence-corrected chi connectivity index (χ3v) is 4.82. The van der Waals surface area contributed by atoms with E-state index in [0.717, 1.165) is 19.4 Å². The van der Waals surface area contributed by atoms with Crippen LogP contribution in [0.25, 0.3) is 0 Å². The molecule has 0 aliphatic carbocycles. The smallest absolute Gasteiger partial charge is 0.0484 e. The van der Waals surface area contributed by atoms with Gasteiger partial charge in [0, 0.05) is 17.9 Å². The zero-order valence-electron chi connectivity index (χ0n) is 13.5. The molecule has 1 aliphatic heterocycles. The SMILES string of the molecule is Cc1ccccc1CN1c2ccccc2CCc2ccccc21. The standard InChI is InChI=1S/C22H21N/c1-17-8-2-3-11-20(17)16-23-21-12-6-4-9-18(21)14-15-19-10-5-7-13-22(19)23/h2-13H,14-16H2,1H3. The van der Waals surface area contributed by atoms with Crippen LogP contribution in [0.5, 0.6) is 0 Å². The summed E-state index contributed by atoms with van der Waals surface area (Å²) in [7, 11) is 0. The van der Waals surface area contributed by atoms with E-state index in [1.54, 1.807) is 0 Å². The predicted octanol–water partition coefficient (Wildman–Crippen LogP) is 5.43. The van der Waals surface area contributed by atoms with Gasteiger partial charge in [-0.2, -0.15) is 0 Å². The van der Waals surface area contributed by atoms with Crippen molar-refractivity contribution >= 4 is 11.4 Å². The van der Waals surface area contributed by atoms with Crippen LogP contribution in [0.2, 0.25) is 0 Å².